The van der Waals surface area contributed by atoms with Gasteiger partial charge >= 0.3 is 0 Å². The zero-order valence-electron chi connectivity index (χ0n) is 11.8. The van der Waals surface area contributed by atoms with Gasteiger partial charge in [0.05, 0.1) is 18.7 Å². The highest BCUT2D eigenvalue weighted by Gasteiger charge is 2.10. The number of rotatable bonds is 6. The summed E-state index contributed by atoms with van der Waals surface area (Å²) in [6, 6.07) is 12.3. The fourth-order valence-corrected chi connectivity index (χ4v) is 2.30. The molecule has 0 bridgehead atoms. The predicted molar refractivity (Wildman–Crippen MR) is 83.5 cm³/mol. The van der Waals surface area contributed by atoms with Crippen LogP contribution in [-0.2, 0) is 0 Å². The number of halogens is 1. The molecule has 0 aromatic heterocycles. The molecular weight excluding hydrogens is 336 g/mol. The van der Waals surface area contributed by atoms with E-state index in [9.17, 15) is 4.79 Å². The standard InChI is InChI=1S/C16H15BrO4/c1-19-12-4-3-5-13(9-12)21-10-15(18)11-6-7-16(20-2)14(17)8-11/h3-9H,10H2,1-2H3. The Hall–Kier alpha value is -2.01. The van der Waals surface area contributed by atoms with Crippen molar-refractivity contribution in [2.24, 2.45) is 0 Å². The van der Waals surface area contributed by atoms with Gasteiger partial charge in [-0.3, -0.25) is 4.79 Å². The summed E-state index contributed by atoms with van der Waals surface area (Å²) in [5, 5.41) is 0. The fraction of sp³-hybridized carbons (Fsp3) is 0.188. The summed E-state index contributed by atoms with van der Waals surface area (Å²) in [6.07, 6.45) is 0. The first kappa shape index (κ1) is 15.4. The third-order valence-electron chi connectivity index (χ3n) is 2.88. The van der Waals surface area contributed by atoms with Crippen LogP contribution in [0.4, 0.5) is 0 Å². The molecule has 0 amide bonds. The molecule has 0 saturated heterocycles. The average molecular weight is 351 g/mol. The van der Waals surface area contributed by atoms with Crippen LogP contribution in [0.15, 0.2) is 46.9 Å². The van der Waals surface area contributed by atoms with Crippen molar-refractivity contribution < 1.29 is 19.0 Å². The largest absolute Gasteiger partial charge is 0.497 e. The molecule has 0 saturated carbocycles. The van der Waals surface area contributed by atoms with Gasteiger partial charge in [0.1, 0.15) is 17.2 Å². The number of carbonyl (C=O) groups is 1. The minimum absolute atomic E-state index is 0.0358. The van der Waals surface area contributed by atoms with Crippen molar-refractivity contribution in [1.29, 1.82) is 0 Å². The number of hydrogen-bond donors (Lipinski definition) is 0. The molecule has 0 unspecified atom stereocenters. The van der Waals surface area contributed by atoms with Crippen LogP contribution in [0.1, 0.15) is 10.4 Å². The highest BCUT2D eigenvalue weighted by Crippen LogP contribution is 2.26. The molecule has 0 aliphatic heterocycles. The Morgan fingerprint density at radius 3 is 2.48 bits per heavy atom. The monoisotopic (exact) mass is 350 g/mol. The summed E-state index contributed by atoms with van der Waals surface area (Å²) in [7, 11) is 3.16. The molecule has 110 valence electrons. The molecule has 0 atom stereocenters. The quantitative estimate of drug-likeness (QED) is 0.744. The van der Waals surface area contributed by atoms with Crippen LogP contribution in [-0.4, -0.2) is 26.6 Å². The van der Waals surface area contributed by atoms with Crippen LogP contribution >= 0.6 is 15.9 Å². The van der Waals surface area contributed by atoms with E-state index in [-0.39, 0.29) is 12.4 Å². The van der Waals surface area contributed by atoms with E-state index in [1.54, 1.807) is 44.6 Å². The molecule has 0 fully saturated rings. The molecule has 2 aromatic carbocycles. The predicted octanol–water partition coefficient (Wildman–Crippen LogP) is 3.73. The van der Waals surface area contributed by atoms with Crippen molar-refractivity contribution in [2.75, 3.05) is 20.8 Å². The van der Waals surface area contributed by atoms with E-state index in [0.717, 1.165) is 4.47 Å². The van der Waals surface area contributed by atoms with Crippen molar-refractivity contribution in [3.05, 3.63) is 52.5 Å². The zero-order chi connectivity index (χ0) is 15.2. The molecule has 0 spiro atoms. The maximum Gasteiger partial charge on any atom is 0.200 e. The van der Waals surface area contributed by atoms with Crippen molar-refractivity contribution in [2.45, 2.75) is 0 Å². The molecule has 2 aromatic rings. The summed E-state index contributed by atoms with van der Waals surface area (Å²) in [4.78, 5) is 12.1. The zero-order valence-corrected chi connectivity index (χ0v) is 13.3. The Balaban J connectivity index is 2.02. The van der Waals surface area contributed by atoms with Gasteiger partial charge in [0.25, 0.3) is 0 Å². The second-order valence-corrected chi connectivity index (χ2v) is 5.09. The number of methoxy groups -OCH3 is 2. The Labute approximate surface area is 131 Å². The molecule has 0 heterocycles. The van der Waals surface area contributed by atoms with Gasteiger partial charge in [0.2, 0.25) is 0 Å². The lowest BCUT2D eigenvalue weighted by atomic mass is 10.1. The highest BCUT2D eigenvalue weighted by molar-refractivity contribution is 9.10. The summed E-state index contributed by atoms with van der Waals surface area (Å²) in [5.74, 6) is 1.85. The molecule has 2 rings (SSSR count). The molecule has 4 nitrogen and oxygen atoms in total. The van der Waals surface area contributed by atoms with E-state index in [4.69, 9.17) is 14.2 Å². The van der Waals surface area contributed by atoms with Crippen LogP contribution < -0.4 is 14.2 Å². The number of ketones is 1. The number of ether oxygens (including phenoxy) is 3. The fourth-order valence-electron chi connectivity index (χ4n) is 1.76. The molecule has 0 N–H and O–H groups in total. The number of Topliss-reactive ketones (excluding diaryl/α,β-unsaturated/α-hetero) is 1. The van der Waals surface area contributed by atoms with E-state index in [1.165, 1.54) is 0 Å². The molecule has 0 aliphatic rings. The lowest BCUT2D eigenvalue weighted by Crippen LogP contribution is -2.11. The number of carbonyl (C=O) groups excluding carboxylic acids is 1. The van der Waals surface area contributed by atoms with Gasteiger partial charge in [0.15, 0.2) is 12.4 Å². The Kier molecular flexibility index (Phi) is 5.22. The lowest BCUT2D eigenvalue weighted by Gasteiger charge is -2.08. The maximum atomic E-state index is 12.1. The first-order valence-corrected chi connectivity index (χ1v) is 7.07. The molecule has 5 heteroatoms. The summed E-state index contributed by atoms with van der Waals surface area (Å²) >= 11 is 3.36. The average Bonchev–Trinajstić information content (AvgIpc) is 2.52. The normalized spacial score (nSPS) is 10.0. The molecular formula is C16H15BrO4. The smallest absolute Gasteiger partial charge is 0.200 e. The minimum atomic E-state index is -0.110. The van der Waals surface area contributed by atoms with Crippen LogP contribution in [0, 0.1) is 0 Å². The Morgan fingerprint density at radius 2 is 1.81 bits per heavy atom. The minimum Gasteiger partial charge on any atom is -0.497 e. The van der Waals surface area contributed by atoms with Crippen molar-refractivity contribution in [1.82, 2.24) is 0 Å². The third kappa shape index (κ3) is 3.98. The number of benzene rings is 2. The first-order chi connectivity index (χ1) is 10.1. The molecule has 0 aliphatic carbocycles. The summed E-state index contributed by atoms with van der Waals surface area (Å²) in [6.45, 7) is -0.0358. The van der Waals surface area contributed by atoms with Crippen molar-refractivity contribution in [3.63, 3.8) is 0 Å². The van der Waals surface area contributed by atoms with Gasteiger partial charge < -0.3 is 14.2 Å². The first-order valence-electron chi connectivity index (χ1n) is 6.27. The van der Waals surface area contributed by atoms with E-state index in [0.29, 0.717) is 22.8 Å². The van der Waals surface area contributed by atoms with Crippen LogP contribution in [0.25, 0.3) is 0 Å². The second kappa shape index (κ2) is 7.13. The van der Waals surface area contributed by atoms with Gasteiger partial charge in [-0.25, -0.2) is 0 Å². The SMILES string of the molecule is COc1cccc(OCC(=O)c2ccc(OC)c(Br)c2)c1. The Bertz CT molecular complexity index is 640. The number of hydrogen-bond acceptors (Lipinski definition) is 4. The van der Waals surface area contributed by atoms with E-state index in [1.807, 2.05) is 12.1 Å². The lowest BCUT2D eigenvalue weighted by molar-refractivity contribution is 0.0921. The van der Waals surface area contributed by atoms with Crippen LogP contribution in [0.5, 0.6) is 17.2 Å². The molecule has 21 heavy (non-hydrogen) atoms. The van der Waals surface area contributed by atoms with E-state index < -0.39 is 0 Å². The van der Waals surface area contributed by atoms with Gasteiger partial charge in [-0.1, -0.05) is 6.07 Å². The van der Waals surface area contributed by atoms with Gasteiger partial charge in [-0.15, -0.1) is 0 Å². The maximum absolute atomic E-state index is 12.1. The van der Waals surface area contributed by atoms with Crippen LogP contribution in [0.2, 0.25) is 0 Å². The van der Waals surface area contributed by atoms with Gasteiger partial charge in [-0.05, 0) is 46.3 Å². The van der Waals surface area contributed by atoms with Gasteiger partial charge in [-0.2, -0.15) is 0 Å². The Morgan fingerprint density at radius 1 is 1.05 bits per heavy atom. The van der Waals surface area contributed by atoms with Gasteiger partial charge in [0, 0.05) is 11.6 Å². The van der Waals surface area contributed by atoms with E-state index >= 15 is 0 Å². The third-order valence-corrected chi connectivity index (χ3v) is 3.50. The topological polar surface area (TPSA) is 44.8 Å². The van der Waals surface area contributed by atoms with E-state index in [2.05, 4.69) is 15.9 Å². The molecule has 0 radical (unpaired) electrons. The summed E-state index contributed by atoms with van der Waals surface area (Å²) in [5.41, 5.74) is 0.561. The summed E-state index contributed by atoms with van der Waals surface area (Å²) < 4.78 is 16.5. The highest BCUT2D eigenvalue weighted by atomic mass is 79.9. The second-order valence-electron chi connectivity index (χ2n) is 4.24. The van der Waals surface area contributed by atoms with Crippen molar-refractivity contribution in [3.8, 4) is 17.2 Å². The van der Waals surface area contributed by atoms with Crippen molar-refractivity contribution >= 4 is 21.7 Å². The van der Waals surface area contributed by atoms with Crippen LogP contribution in [0.3, 0.4) is 0 Å².